The molecule has 0 aliphatic rings. The molecule has 0 heterocycles. The van der Waals surface area contributed by atoms with E-state index >= 15 is 0 Å². The van der Waals surface area contributed by atoms with Gasteiger partial charge in [-0.1, -0.05) is 23.2 Å². The van der Waals surface area contributed by atoms with E-state index in [0.717, 1.165) is 5.56 Å². The van der Waals surface area contributed by atoms with Gasteiger partial charge in [-0.15, -0.1) is 0 Å². The van der Waals surface area contributed by atoms with E-state index in [9.17, 15) is 0 Å². The maximum absolute atomic E-state index is 6.14. The van der Waals surface area contributed by atoms with E-state index in [4.69, 9.17) is 38.4 Å². The Balaban J connectivity index is 3.08. The average molecular weight is 264 g/mol. The third kappa shape index (κ3) is 3.01. The normalized spacial score (nSPS) is 12.6. The van der Waals surface area contributed by atoms with Gasteiger partial charge < -0.3 is 15.2 Å². The molecule has 1 aromatic carbocycles. The fourth-order valence-electron chi connectivity index (χ4n) is 1.50. The Bertz CT molecular complexity index is 358. The van der Waals surface area contributed by atoms with Gasteiger partial charge in [-0.25, -0.2) is 0 Å². The van der Waals surface area contributed by atoms with Gasteiger partial charge in [-0.3, -0.25) is 0 Å². The third-order valence-corrected chi connectivity index (χ3v) is 2.99. The molecule has 0 aliphatic heterocycles. The molecule has 1 aromatic rings. The first-order chi connectivity index (χ1) is 7.63. The van der Waals surface area contributed by atoms with E-state index in [1.54, 1.807) is 26.4 Å². The second-order valence-corrected chi connectivity index (χ2v) is 4.21. The van der Waals surface area contributed by atoms with Crippen LogP contribution in [-0.4, -0.2) is 27.4 Å². The molecule has 0 radical (unpaired) electrons. The molecule has 2 N–H and O–H groups in total. The summed E-state index contributed by atoms with van der Waals surface area (Å²) in [6.45, 7) is 0.967. The molecule has 0 amide bonds. The maximum Gasteiger partial charge on any atom is 0.138 e. The molecule has 0 aromatic heterocycles. The molecule has 90 valence electrons. The summed E-state index contributed by atoms with van der Waals surface area (Å²) in [5.74, 6) is 0.601. The van der Waals surface area contributed by atoms with Gasteiger partial charge in [0.05, 0.1) is 18.7 Å². The molecule has 16 heavy (non-hydrogen) atoms. The molecule has 1 unspecified atom stereocenters. The van der Waals surface area contributed by atoms with Crippen molar-refractivity contribution in [2.75, 3.05) is 27.4 Å². The molecule has 1 rings (SSSR count). The monoisotopic (exact) mass is 263 g/mol. The zero-order valence-electron chi connectivity index (χ0n) is 9.30. The molecule has 5 heteroatoms. The minimum absolute atomic E-state index is 0.0425. The van der Waals surface area contributed by atoms with Gasteiger partial charge >= 0.3 is 0 Å². The smallest absolute Gasteiger partial charge is 0.138 e. The van der Waals surface area contributed by atoms with E-state index in [1.807, 2.05) is 0 Å². The van der Waals surface area contributed by atoms with Gasteiger partial charge in [0.25, 0.3) is 0 Å². The molecule has 0 bridgehead atoms. The number of nitrogens with two attached hydrogens (primary N) is 1. The summed E-state index contributed by atoms with van der Waals surface area (Å²) in [5.41, 5.74) is 6.55. The summed E-state index contributed by atoms with van der Waals surface area (Å²) in [5, 5.41) is 1.12. The first-order valence-electron chi connectivity index (χ1n) is 4.86. The summed E-state index contributed by atoms with van der Waals surface area (Å²) in [6, 6.07) is 3.47. The van der Waals surface area contributed by atoms with Crippen molar-refractivity contribution in [1.82, 2.24) is 0 Å². The minimum Gasteiger partial charge on any atom is -0.495 e. The summed E-state index contributed by atoms with van der Waals surface area (Å²) in [4.78, 5) is 0. The van der Waals surface area contributed by atoms with E-state index < -0.39 is 0 Å². The quantitative estimate of drug-likeness (QED) is 0.889. The molecule has 0 spiro atoms. The maximum atomic E-state index is 6.14. The highest BCUT2D eigenvalue weighted by molar-refractivity contribution is 6.34. The highest BCUT2D eigenvalue weighted by Gasteiger charge is 2.16. The Kier molecular flexibility index (Phi) is 5.35. The largest absolute Gasteiger partial charge is 0.495 e. The van der Waals surface area contributed by atoms with Gasteiger partial charge in [0.2, 0.25) is 0 Å². The first kappa shape index (κ1) is 13.6. The summed E-state index contributed by atoms with van der Waals surface area (Å²) < 4.78 is 10.2. The lowest BCUT2D eigenvalue weighted by molar-refractivity contribution is 0.181. The third-order valence-electron chi connectivity index (χ3n) is 2.36. The Morgan fingerprint density at radius 3 is 2.44 bits per heavy atom. The van der Waals surface area contributed by atoms with Gasteiger partial charge in [0.15, 0.2) is 0 Å². The molecule has 0 saturated carbocycles. The zero-order chi connectivity index (χ0) is 12.1. The highest BCUT2D eigenvalue weighted by atomic mass is 35.5. The minimum atomic E-state index is 0.0425. The molecule has 0 saturated heterocycles. The van der Waals surface area contributed by atoms with Crippen LogP contribution in [-0.2, 0) is 4.74 Å². The average Bonchev–Trinajstić information content (AvgIpc) is 2.28. The molecular weight excluding hydrogens is 249 g/mol. The SMILES string of the molecule is COCC(CN)c1cc(Cl)c(OC)cc1Cl. The topological polar surface area (TPSA) is 44.5 Å². The first-order valence-corrected chi connectivity index (χ1v) is 5.61. The predicted octanol–water partition coefficient (Wildman–Crippen LogP) is 2.69. The Hall–Kier alpha value is -0.480. The van der Waals surface area contributed by atoms with Gasteiger partial charge in [-0.2, -0.15) is 0 Å². The van der Waals surface area contributed by atoms with Crippen LogP contribution >= 0.6 is 23.2 Å². The molecule has 0 fully saturated rings. The van der Waals surface area contributed by atoms with Crippen molar-refractivity contribution in [3.05, 3.63) is 27.7 Å². The lowest BCUT2D eigenvalue weighted by atomic mass is 10.00. The van der Waals surface area contributed by atoms with Crippen molar-refractivity contribution in [2.45, 2.75) is 5.92 Å². The van der Waals surface area contributed by atoms with Crippen LogP contribution in [0.1, 0.15) is 11.5 Å². The van der Waals surface area contributed by atoms with Gasteiger partial charge in [0.1, 0.15) is 5.75 Å². The van der Waals surface area contributed by atoms with Crippen LogP contribution in [0, 0.1) is 0 Å². The van der Waals surface area contributed by atoms with Crippen molar-refractivity contribution >= 4 is 23.2 Å². The lowest BCUT2D eigenvalue weighted by Gasteiger charge is -2.17. The van der Waals surface area contributed by atoms with Crippen LogP contribution in [0.2, 0.25) is 10.0 Å². The highest BCUT2D eigenvalue weighted by Crippen LogP contribution is 2.34. The number of halogens is 2. The van der Waals surface area contributed by atoms with Gasteiger partial charge in [0, 0.05) is 30.7 Å². The van der Waals surface area contributed by atoms with Crippen molar-refractivity contribution in [2.24, 2.45) is 5.73 Å². The Morgan fingerprint density at radius 2 is 1.94 bits per heavy atom. The molecule has 1 atom stereocenters. The van der Waals surface area contributed by atoms with Crippen LogP contribution in [0.4, 0.5) is 0 Å². The van der Waals surface area contributed by atoms with Crippen molar-refractivity contribution < 1.29 is 9.47 Å². The molecule has 0 aliphatic carbocycles. The van der Waals surface area contributed by atoms with Crippen molar-refractivity contribution in [3.63, 3.8) is 0 Å². The van der Waals surface area contributed by atoms with Crippen LogP contribution in [0.3, 0.4) is 0 Å². The number of benzene rings is 1. The van der Waals surface area contributed by atoms with Crippen molar-refractivity contribution in [1.29, 1.82) is 0 Å². The van der Waals surface area contributed by atoms with E-state index in [0.29, 0.717) is 28.9 Å². The van der Waals surface area contributed by atoms with Crippen molar-refractivity contribution in [3.8, 4) is 5.75 Å². The number of methoxy groups -OCH3 is 2. The van der Waals surface area contributed by atoms with Crippen LogP contribution in [0.25, 0.3) is 0 Å². The summed E-state index contributed by atoms with van der Waals surface area (Å²) in [7, 11) is 3.18. The summed E-state index contributed by atoms with van der Waals surface area (Å²) in [6.07, 6.45) is 0. The van der Waals surface area contributed by atoms with Crippen LogP contribution in [0.5, 0.6) is 5.75 Å². The predicted molar refractivity (Wildman–Crippen MR) is 66.7 cm³/mol. The molecule has 3 nitrogen and oxygen atoms in total. The Morgan fingerprint density at radius 1 is 1.25 bits per heavy atom. The van der Waals surface area contributed by atoms with Crippen LogP contribution < -0.4 is 10.5 Å². The number of hydrogen-bond acceptors (Lipinski definition) is 3. The fourth-order valence-corrected chi connectivity index (χ4v) is 2.06. The van der Waals surface area contributed by atoms with E-state index in [-0.39, 0.29) is 5.92 Å². The number of rotatable bonds is 5. The van der Waals surface area contributed by atoms with Crippen LogP contribution in [0.15, 0.2) is 12.1 Å². The zero-order valence-corrected chi connectivity index (χ0v) is 10.8. The fraction of sp³-hybridized carbons (Fsp3) is 0.455. The second-order valence-electron chi connectivity index (χ2n) is 3.40. The summed E-state index contributed by atoms with van der Waals surface area (Å²) >= 11 is 12.2. The van der Waals surface area contributed by atoms with Gasteiger partial charge in [-0.05, 0) is 11.6 Å². The number of hydrogen-bond donors (Lipinski definition) is 1. The standard InChI is InChI=1S/C11H15Cl2NO2/c1-15-6-7(5-14)8-3-10(13)11(16-2)4-9(8)12/h3-4,7H,5-6,14H2,1-2H3. The number of ether oxygens (including phenoxy) is 2. The second kappa shape index (κ2) is 6.30. The molecular formula is C11H15Cl2NO2. The van der Waals surface area contributed by atoms with E-state index in [2.05, 4.69) is 0 Å². The lowest BCUT2D eigenvalue weighted by Crippen LogP contribution is -2.17. The van der Waals surface area contributed by atoms with E-state index in [1.165, 1.54) is 0 Å². The Labute approximate surface area is 105 Å².